The molecule has 0 amide bonds. The molecule has 0 fully saturated rings. The number of hydrogen-bond donors (Lipinski definition) is 3. The van der Waals surface area contributed by atoms with Gasteiger partial charge in [-0.25, -0.2) is 4.98 Å². The summed E-state index contributed by atoms with van der Waals surface area (Å²) in [5.74, 6) is 0.499. The van der Waals surface area contributed by atoms with Gasteiger partial charge in [0.2, 0.25) is 11.8 Å². The van der Waals surface area contributed by atoms with Crippen LogP contribution in [0.2, 0.25) is 0 Å². The number of nitrogens with one attached hydrogen (secondary N) is 2. The van der Waals surface area contributed by atoms with Gasteiger partial charge in [-0.1, -0.05) is 0 Å². The molecule has 0 radical (unpaired) electrons. The van der Waals surface area contributed by atoms with Crippen molar-refractivity contribution in [2.75, 3.05) is 30.3 Å². The maximum Gasteiger partial charge on any atom is 0.329 e. The van der Waals surface area contributed by atoms with Crippen LogP contribution < -0.4 is 10.6 Å². The molecular formula is C9H15N5O3. The SMILES string of the molecule is CCNc1ncc([N+](=O)[O-])c(NCCCO)n1. The van der Waals surface area contributed by atoms with Crippen LogP contribution in [0.25, 0.3) is 0 Å². The molecule has 0 saturated heterocycles. The van der Waals surface area contributed by atoms with Crippen LogP contribution in [-0.2, 0) is 0 Å². The Hall–Kier alpha value is -1.96. The van der Waals surface area contributed by atoms with Crippen molar-refractivity contribution in [3.8, 4) is 0 Å². The Kier molecular flexibility index (Phi) is 5.08. The summed E-state index contributed by atoms with van der Waals surface area (Å²) in [5, 5.41) is 25.1. The quantitative estimate of drug-likeness (QED) is 0.364. The third kappa shape index (κ3) is 3.83. The number of hydrogen-bond acceptors (Lipinski definition) is 7. The highest BCUT2D eigenvalue weighted by molar-refractivity contribution is 5.56. The predicted molar refractivity (Wildman–Crippen MR) is 63.0 cm³/mol. The Bertz CT molecular complexity index is 385. The van der Waals surface area contributed by atoms with E-state index in [1.54, 1.807) is 0 Å². The summed E-state index contributed by atoms with van der Waals surface area (Å²) in [6.45, 7) is 2.95. The van der Waals surface area contributed by atoms with E-state index < -0.39 is 4.92 Å². The molecule has 0 saturated carbocycles. The largest absolute Gasteiger partial charge is 0.396 e. The van der Waals surface area contributed by atoms with Gasteiger partial charge in [-0.2, -0.15) is 4.98 Å². The van der Waals surface area contributed by atoms with Crippen LogP contribution in [0.5, 0.6) is 0 Å². The van der Waals surface area contributed by atoms with Gasteiger partial charge < -0.3 is 15.7 Å². The normalized spacial score (nSPS) is 10.0. The highest BCUT2D eigenvalue weighted by Gasteiger charge is 2.16. The lowest BCUT2D eigenvalue weighted by Crippen LogP contribution is -2.10. The van der Waals surface area contributed by atoms with Gasteiger partial charge in [0.1, 0.15) is 6.20 Å². The highest BCUT2D eigenvalue weighted by atomic mass is 16.6. The van der Waals surface area contributed by atoms with Crippen LogP contribution in [-0.4, -0.2) is 39.7 Å². The maximum atomic E-state index is 10.7. The molecule has 1 aromatic heterocycles. The second-order valence-corrected chi connectivity index (χ2v) is 3.22. The summed E-state index contributed by atoms with van der Waals surface area (Å²) in [7, 11) is 0. The van der Waals surface area contributed by atoms with Crippen molar-refractivity contribution in [3.63, 3.8) is 0 Å². The zero-order valence-electron chi connectivity index (χ0n) is 9.51. The lowest BCUT2D eigenvalue weighted by molar-refractivity contribution is -0.384. The van der Waals surface area contributed by atoms with Crippen LogP contribution >= 0.6 is 0 Å². The monoisotopic (exact) mass is 241 g/mol. The van der Waals surface area contributed by atoms with E-state index in [4.69, 9.17) is 5.11 Å². The Morgan fingerprint density at radius 2 is 2.29 bits per heavy atom. The average molecular weight is 241 g/mol. The van der Waals surface area contributed by atoms with Crippen molar-refractivity contribution in [1.29, 1.82) is 0 Å². The topological polar surface area (TPSA) is 113 Å². The first kappa shape index (κ1) is 13.1. The third-order valence-corrected chi connectivity index (χ3v) is 1.93. The second kappa shape index (κ2) is 6.59. The molecule has 94 valence electrons. The minimum Gasteiger partial charge on any atom is -0.396 e. The smallest absolute Gasteiger partial charge is 0.329 e. The van der Waals surface area contributed by atoms with Gasteiger partial charge in [-0.15, -0.1) is 0 Å². The van der Waals surface area contributed by atoms with Gasteiger partial charge in [0.15, 0.2) is 0 Å². The fourth-order valence-electron chi connectivity index (χ4n) is 1.17. The molecule has 1 aromatic rings. The first-order valence-corrected chi connectivity index (χ1v) is 5.29. The fraction of sp³-hybridized carbons (Fsp3) is 0.556. The van der Waals surface area contributed by atoms with E-state index in [-0.39, 0.29) is 18.1 Å². The highest BCUT2D eigenvalue weighted by Crippen LogP contribution is 2.21. The van der Waals surface area contributed by atoms with Crippen molar-refractivity contribution in [1.82, 2.24) is 9.97 Å². The lowest BCUT2D eigenvalue weighted by atomic mass is 10.4. The summed E-state index contributed by atoms with van der Waals surface area (Å²) in [6.07, 6.45) is 1.66. The number of aliphatic hydroxyl groups is 1. The van der Waals surface area contributed by atoms with E-state index in [1.807, 2.05) is 6.92 Å². The Morgan fingerprint density at radius 1 is 1.53 bits per heavy atom. The maximum absolute atomic E-state index is 10.7. The summed E-state index contributed by atoms with van der Waals surface area (Å²) in [4.78, 5) is 18.0. The average Bonchev–Trinajstić information content (AvgIpc) is 2.30. The molecule has 8 nitrogen and oxygen atoms in total. The molecule has 1 heterocycles. The number of anilines is 2. The van der Waals surface area contributed by atoms with Gasteiger partial charge in [-0.3, -0.25) is 10.1 Å². The molecule has 1 rings (SSSR count). The molecule has 0 spiro atoms. The molecule has 0 unspecified atom stereocenters. The van der Waals surface area contributed by atoms with Crippen molar-refractivity contribution < 1.29 is 10.0 Å². The third-order valence-electron chi connectivity index (χ3n) is 1.93. The van der Waals surface area contributed by atoms with E-state index in [0.717, 1.165) is 6.20 Å². The first-order valence-electron chi connectivity index (χ1n) is 5.29. The zero-order valence-corrected chi connectivity index (χ0v) is 9.51. The Morgan fingerprint density at radius 3 is 2.88 bits per heavy atom. The van der Waals surface area contributed by atoms with Gasteiger partial charge >= 0.3 is 5.69 Å². The van der Waals surface area contributed by atoms with Crippen molar-refractivity contribution >= 4 is 17.5 Å². The predicted octanol–water partition coefficient (Wildman–Crippen LogP) is 0.611. The van der Waals surface area contributed by atoms with Gasteiger partial charge in [0.05, 0.1) is 4.92 Å². The summed E-state index contributed by atoms with van der Waals surface area (Å²) in [5.41, 5.74) is -0.176. The van der Waals surface area contributed by atoms with E-state index in [1.165, 1.54) is 0 Å². The molecule has 0 atom stereocenters. The Balaban J connectivity index is 2.86. The van der Waals surface area contributed by atoms with E-state index in [2.05, 4.69) is 20.6 Å². The van der Waals surface area contributed by atoms with Crippen LogP contribution in [0.1, 0.15) is 13.3 Å². The lowest BCUT2D eigenvalue weighted by Gasteiger charge is -2.07. The van der Waals surface area contributed by atoms with Crippen LogP contribution in [0.4, 0.5) is 17.5 Å². The van der Waals surface area contributed by atoms with Gasteiger partial charge in [-0.05, 0) is 13.3 Å². The zero-order chi connectivity index (χ0) is 12.7. The molecule has 0 bridgehead atoms. The van der Waals surface area contributed by atoms with Crippen LogP contribution in [0.15, 0.2) is 6.20 Å². The summed E-state index contributed by atoms with van der Waals surface area (Å²) >= 11 is 0. The molecule has 3 N–H and O–H groups in total. The number of rotatable bonds is 7. The first-order chi connectivity index (χ1) is 8.19. The van der Waals surface area contributed by atoms with E-state index >= 15 is 0 Å². The van der Waals surface area contributed by atoms with E-state index in [9.17, 15) is 10.1 Å². The van der Waals surface area contributed by atoms with Gasteiger partial charge in [0, 0.05) is 19.7 Å². The molecular weight excluding hydrogens is 226 g/mol. The molecule has 0 aliphatic carbocycles. The fourth-order valence-corrected chi connectivity index (χ4v) is 1.17. The van der Waals surface area contributed by atoms with Crippen LogP contribution in [0, 0.1) is 10.1 Å². The molecule has 0 aliphatic heterocycles. The van der Waals surface area contributed by atoms with E-state index in [0.29, 0.717) is 25.5 Å². The molecule has 17 heavy (non-hydrogen) atoms. The standard InChI is InChI=1S/C9H15N5O3/c1-2-10-9-12-6-7(14(16)17)8(13-9)11-4-3-5-15/h6,15H,2-5H2,1H3,(H2,10,11,12,13). The van der Waals surface area contributed by atoms with Crippen molar-refractivity contribution in [3.05, 3.63) is 16.3 Å². The molecule has 0 aliphatic rings. The Labute approximate surface area is 98.2 Å². The minimum absolute atomic E-state index is 0.0198. The van der Waals surface area contributed by atoms with Crippen molar-refractivity contribution in [2.24, 2.45) is 0 Å². The van der Waals surface area contributed by atoms with Crippen molar-refractivity contribution in [2.45, 2.75) is 13.3 Å². The number of aromatic nitrogens is 2. The number of nitrogens with zero attached hydrogens (tertiary/aromatic N) is 3. The molecule has 0 aromatic carbocycles. The molecule has 8 heteroatoms. The number of nitro groups is 1. The van der Waals surface area contributed by atoms with Crippen LogP contribution in [0.3, 0.4) is 0 Å². The summed E-state index contributed by atoms with van der Waals surface area (Å²) in [6, 6.07) is 0. The van der Waals surface area contributed by atoms with Gasteiger partial charge in [0.25, 0.3) is 0 Å². The minimum atomic E-state index is -0.545. The summed E-state index contributed by atoms with van der Waals surface area (Å²) < 4.78 is 0. The number of aliphatic hydroxyl groups excluding tert-OH is 1. The second-order valence-electron chi connectivity index (χ2n) is 3.22.